The van der Waals surface area contributed by atoms with Gasteiger partial charge in [-0.3, -0.25) is 14.5 Å². The third kappa shape index (κ3) is 7.09. The van der Waals surface area contributed by atoms with Crippen molar-refractivity contribution in [1.82, 2.24) is 9.80 Å². The summed E-state index contributed by atoms with van der Waals surface area (Å²) in [6.45, 7) is 5.14. The number of benzene rings is 2. The van der Waals surface area contributed by atoms with Crippen LogP contribution in [-0.2, 0) is 20.5 Å². The fourth-order valence-electron chi connectivity index (χ4n) is 3.79. The molecule has 8 heteroatoms. The van der Waals surface area contributed by atoms with Crippen LogP contribution in [-0.4, -0.2) is 61.0 Å². The Morgan fingerprint density at radius 2 is 1.74 bits per heavy atom. The molecule has 2 aromatic rings. The summed E-state index contributed by atoms with van der Waals surface area (Å²) in [5, 5.41) is 0. The molecular weight excluding hydrogens is 445 g/mol. The molecule has 5 nitrogen and oxygen atoms in total. The Morgan fingerprint density at radius 1 is 1.03 bits per heavy atom. The number of rotatable bonds is 6. The Hall–Kier alpha value is -3.31. The number of ether oxygens (including phenoxy) is 1. The van der Waals surface area contributed by atoms with Crippen molar-refractivity contribution in [2.45, 2.75) is 25.9 Å². The first-order valence-electron chi connectivity index (χ1n) is 11.2. The van der Waals surface area contributed by atoms with Crippen molar-refractivity contribution in [2.24, 2.45) is 0 Å². The van der Waals surface area contributed by atoms with E-state index in [1.165, 1.54) is 12.1 Å². The third-order valence-corrected chi connectivity index (χ3v) is 5.54. The number of carbonyl (C=O) groups excluding carboxylic acids is 2. The number of halogens is 3. The molecule has 2 aromatic carbocycles. The fourth-order valence-corrected chi connectivity index (χ4v) is 3.79. The molecule has 0 aromatic heterocycles. The highest BCUT2D eigenvalue weighted by Crippen LogP contribution is 2.37. The summed E-state index contributed by atoms with van der Waals surface area (Å²) in [7, 11) is 0. The number of nitrogens with zero attached hydrogens (tertiary/aromatic N) is 2. The zero-order valence-electron chi connectivity index (χ0n) is 19.0. The zero-order valence-corrected chi connectivity index (χ0v) is 19.0. The lowest BCUT2D eigenvalue weighted by Crippen LogP contribution is -2.48. The standard InChI is InChI=1S/C26H27F3N2O3/c1-2-34-25(33)9-6-14-30-15-17-31(18-16-30)24(32)13-11-20-10-12-22(21-7-4-3-5-8-21)23(19-20)26(27,28)29/h3-5,7-8,10,12,19H,2,6,9,14-18H2,1H3. The quantitative estimate of drug-likeness (QED) is 0.467. The molecule has 1 amide bonds. The Labute approximate surface area is 197 Å². The minimum atomic E-state index is -4.55. The summed E-state index contributed by atoms with van der Waals surface area (Å²) in [5.41, 5.74) is -0.109. The second-order valence-corrected chi connectivity index (χ2v) is 7.92. The van der Waals surface area contributed by atoms with Gasteiger partial charge in [0.1, 0.15) is 0 Å². The maximum absolute atomic E-state index is 13.7. The number of alkyl halides is 3. The molecule has 3 rings (SSSR count). The average molecular weight is 473 g/mol. The molecule has 1 saturated heterocycles. The van der Waals surface area contributed by atoms with Crippen LogP contribution in [0.5, 0.6) is 0 Å². The van der Waals surface area contributed by atoms with Crippen LogP contribution in [0.4, 0.5) is 13.2 Å². The monoisotopic (exact) mass is 472 g/mol. The maximum Gasteiger partial charge on any atom is 0.417 e. The Bertz CT molecular complexity index is 1050. The van der Waals surface area contributed by atoms with Gasteiger partial charge in [-0.1, -0.05) is 42.3 Å². The molecule has 0 unspecified atom stereocenters. The number of amides is 1. The number of piperazine rings is 1. The minimum Gasteiger partial charge on any atom is -0.466 e. The highest BCUT2D eigenvalue weighted by atomic mass is 19.4. The van der Waals surface area contributed by atoms with Crippen LogP contribution in [0.25, 0.3) is 11.1 Å². The summed E-state index contributed by atoms with van der Waals surface area (Å²) < 4.78 is 45.9. The van der Waals surface area contributed by atoms with Crippen molar-refractivity contribution in [1.29, 1.82) is 0 Å². The summed E-state index contributed by atoms with van der Waals surface area (Å²) in [6.07, 6.45) is -3.50. The normalized spacial score (nSPS) is 14.3. The van der Waals surface area contributed by atoms with Crippen molar-refractivity contribution in [3.8, 4) is 23.0 Å². The lowest BCUT2D eigenvalue weighted by atomic mass is 9.97. The number of carbonyl (C=O) groups is 2. The van der Waals surface area contributed by atoms with Crippen molar-refractivity contribution in [3.05, 3.63) is 59.7 Å². The van der Waals surface area contributed by atoms with Gasteiger partial charge in [0.25, 0.3) is 5.91 Å². The van der Waals surface area contributed by atoms with Crippen LogP contribution in [0.2, 0.25) is 0 Å². The van der Waals surface area contributed by atoms with Crippen molar-refractivity contribution >= 4 is 11.9 Å². The highest BCUT2D eigenvalue weighted by Gasteiger charge is 2.34. The first kappa shape index (κ1) is 25.3. The van der Waals surface area contributed by atoms with Gasteiger partial charge in [0, 0.05) is 44.1 Å². The van der Waals surface area contributed by atoms with Gasteiger partial charge in [0.05, 0.1) is 12.2 Å². The topological polar surface area (TPSA) is 49.9 Å². The maximum atomic E-state index is 13.7. The van der Waals surface area contributed by atoms with E-state index in [2.05, 4.69) is 16.7 Å². The van der Waals surface area contributed by atoms with Gasteiger partial charge >= 0.3 is 12.1 Å². The highest BCUT2D eigenvalue weighted by molar-refractivity contribution is 5.94. The van der Waals surface area contributed by atoms with Gasteiger partial charge in [0.2, 0.25) is 0 Å². The average Bonchev–Trinajstić information content (AvgIpc) is 2.83. The van der Waals surface area contributed by atoms with Crippen molar-refractivity contribution in [2.75, 3.05) is 39.3 Å². The molecular formula is C26H27F3N2O3. The van der Waals surface area contributed by atoms with Crippen LogP contribution in [0, 0.1) is 11.8 Å². The second kappa shape index (κ2) is 11.7. The molecule has 0 spiro atoms. The summed E-state index contributed by atoms with van der Waals surface area (Å²) in [6, 6.07) is 12.2. The predicted octanol–water partition coefficient (Wildman–Crippen LogP) is 4.21. The largest absolute Gasteiger partial charge is 0.466 e. The Kier molecular flexibility index (Phi) is 8.72. The van der Waals surface area contributed by atoms with Crippen LogP contribution in [0.1, 0.15) is 30.9 Å². The lowest BCUT2D eigenvalue weighted by molar-refractivity contribution is -0.143. The van der Waals surface area contributed by atoms with Gasteiger partial charge < -0.3 is 9.64 Å². The van der Waals surface area contributed by atoms with Gasteiger partial charge in [-0.05, 0) is 43.1 Å². The molecule has 1 fully saturated rings. The van der Waals surface area contributed by atoms with Gasteiger partial charge in [-0.25, -0.2) is 0 Å². The van der Waals surface area contributed by atoms with Crippen molar-refractivity contribution in [3.63, 3.8) is 0 Å². The fraction of sp³-hybridized carbons (Fsp3) is 0.385. The molecule has 1 heterocycles. The van der Waals surface area contributed by atoms with Crippen LogP contribution in [0.3, 0.4) is 0 Å². The summed E-state index contributed by atoms with van der Waals surface area (Å²) >= 11 is 0. The molecule has 34 heavy (non-hydrogen) atoms. The first-order valence-corrected chi connectivity index (χ1v) is 11.2. The van der Waals surface area contributed by atoms with E-state index < -0.39 is 17.6 Å². The van der Waals surface area contributed by atoms with Gasteiger partial charge in [-0.2, -0.15) is 13.2 Å². The smallest absolute Gasteiger partial charge is 0.417 e. The Morgan fingerprint density at radius 3 is 2.38 bits per heavy atom. The van der Waals surface area contributed by atoms with Gasteiger partial charge in [-0.15, -0.1) is 0 Å². The second-order valence-electron chi connectivity index (χ2n) is 7.92. The van der Waals surface area contributed by atoms with E-state index in [4.69, 9.17) is 4.74 Å². The molecule has 180 valence electrons. The minimum absolute atomic E-state index is 0.0732. The number of hydrogen-bond acceptors (Lipinski definition) is 4. The molecule has 0 N–H and O–H groups in total. The third-order valence-electron chi connectivity index (χ3n) is 5.54. The molecule has 0 saturated carbocycles. The van der Waals surface area contributed by atoms with Crippen molar-refractivity contribution < 1.29 is 27.5 Å². The van der Waals surface area contributed by atoms with E-state index >= 15 is 0 Å². The summed E-state index contributed by atoms with van der Waals surface area (Å²) in [5.74, 6) is 4.46. The molecule has 1 aliphatic rings. The Balaban J connectivity index is 1.60. The molecule has 0 atom stereocenters. The predicted molar refractivity (Wildman–Crippen MR) is 123 cm³/mol. The lowest BCUT2D eigenvalue weighted by Gasteiger charge is -2.33. The molecule has 0 aliphatic carbocycles. The zero-order chi connectivity index (χ0) is 24.6. The van der Waals surface area contributed by atoms with E-state index in [9.17, 15) is 22.8 Å². The van der Waals surface area contributed by atoms with E-state index in [1.54, 1.807) is 42.2 Å². The van der Waals surface area contributed by atoms with E-state index in [-0.39, 0.29) is 17.1 Å². The van der Waals surface area contributed by atoms with E-state index in [0.29, 0.717) is 51.2 Å². The van der Waals surface area contributed by atoms with Gasteiger partial charge in [0.15, 0.2) is 0 Å². The number of esters is 1. The number of hydrogen-bond donors (Lipinski definition) is 0. The van der Waals surface area contributed by atoms with Crippen LogP contribution >= 0.6 is 0 Å². The SMILES string of the molecule is CCOC(=O)CCCN1CCN(C(=O)C#Cc2ccc(-c3ccccc3)c(C(F)(F)F)c2)CC1. The van der Waals surface area contributed by atoms with E-state index in [0.717, 1.165) is 12.6 Å². The molecule has 0 bridgehead atoms. The van der Waals surface area contributed by atoms with Crippen LogP contribution in [0.15, 0.2) is 48.5 Å². The summed E-state index contributed by atoms with van der Waals surface area (Å²) in [4.78, 5) is 27.6. The van der Waals surface area contributed by atoms with E-state index in [1.807, 2.05) is 0 Å². The molecule has 0 radical (unpaired) electrons. The van der Waals surface area contributed by atoms with Crippen LogP contribution < -0.4 is 0 Å². The molecule has 1 aliphatic heterocycles. The first-order chi connectivity index (χ1) is 16.3.